The lowest BCUT2D eigenvalue weighted by atomic mass is 10.0. The second-order valence-corrected chi connectivity index (χ2v) is 7.97. The summed E-state index contributed by atoms with van der Waals surface area (Å²) in [5.74, 6) is 0.531. The van der Waals surface area contributed by atoms with Crippen LogP contribution >= 0.6 is 0 Å². The van der Waals surface area contributed by atoms with Gasteiger partial charge in [0.25, 0.3) is 0 Å². The van der Waals surface area contributed by atoms with Crippen LogP contribution in [0.5, 0.6) is 5.75 Å². The number of benzene rings is 2. The monoisotopic (exact) mass is 409 g/mol. The maximum atomic E-state index is 12.7. The standard InChI is InChI=1S/C24H31N3O3/c1-26(2)22(19-9-11-21(30-3)12-10-19)16-25-24(29)20-15-23(28)27(17-20)14-13-18-7-5-4-6-8-18/h4-12,20,22H,13-17H2,1-3H3,(H,25,29). The van der Waals surface area contributed by atoms with Crippen LogP contribution in [0.1, 0.15) is 23.6 Å². The molecule has 30 heavy (non-hydrogen) atoms. The number of carbonyl (C=O) groups is 2. The number of carbonyl (C=O) groups excluding carboxylic acids is 2. The molecule has 2 aromatic rings. The van der Waals surface area contributed by atoms with Crippen LogP contribution in [0.3, 0.4) is 0 Å². The molecule has 2 amide bonds. The number of amides is 2. The number of hydrogen-bond acceptors (Lipinski definition) is 4. The third-order valence-electron chi connectivity index (χ3n) is 5.69. The highest BCUT2D eigenvalue weighted by Gasteiger charge is 2.34. The van der Waals surface area contributed by atoms with E-state index >= 15 is 0 Å². The average Bonchev–Trinajstić information content (AvgIpc) is 3.14. The van der Waals surface area contributed by atoms with Crippen LogP contribution in [0.15, 0.2) is 54.6 Å². The maximum Gasteiger partial charge on any atom is 0.225 e. The number of nitrogens with one attached hydrogen (secondary N) is 1. The van der Waals surface area contributed by atoms with Gasteiger partial charge in [0, 0.05) is 26.1 Å². The average molecular weight is 410 g/mol. The van der Waals surface area contributed by atoms with E-state index < -0.39 is 0 Å². The van der Waals surface area contributed by atoms with Crippen molar-refractivity contribution in [1.82, 2.24) is 15.1 Å². The first kappa shape index (κ1) is 21.8. The van der Waals surface area contributed by atoms with Crippen LogP contribution < -0.4 is 10.1 Å². The van der Waals surface area contributed by atoms with E-state index in [9.17, 15) is 9.59 Å². The molecule has 1 N–H and O–H groups in total. The molecule has 1 aliphatic heterocycles. The second kappa shape index (κ2) is 10.3. The smallest absolute Gasteiger partial charge is 0.225 e. The van der Waals surface area contributed by atoms with E-state index in [0.29, 0.717) is 19.6 Å². The number of ether oxygens (including phenoxy) is 1. The fraction of sp³-hybridized carbons (Fsp3) is 0.417. The number of methoxy groups -OCH3 is 1. The molecule has 2 atom stereocenters. The molecule has 3 rings (SSSR count). The Morgan fingerprint density at radius 2 is 1.87 bits per heavy atom. The second-order valence-electron chi connectivity index (χ2n) is 7.97. The molecule has 0 saturated carbocycles. The van der Waals surface area contributed by atoms with Gasteiger partial charge in [-0.05, 0) is 43.8 Å². The quantitative estimate of drug-likeness (QED) is 0.691. The summed E-state index contributed by atoms with van der Waals surface area (Å²) in [4.78, 5) is 29.0. The molecular weight excluding hydrogens is 378 g/mol. The highest BCUT2D eigenvalue weighted by atomic mass is 16.5. The van der Waals surface area contributed by atoms with Crippen molar-refractivity contribution in [2.24, 2.45) is 5.92 Å². The molecule has 1 aliphatic rings. The largest absolute Gasteiger partial charge is 0.497 e. The van der Waals surface area contributed by atoms with Crippen molar-refractivity contribution in [3.05, 3.63) is 65.7 Å². The molecule has 2 unspecified atom stereocenters. The predicted octanol–water partition coefficient (Wildman–Crippen LogP) is 2.51. The minimum atomic E-state index is -0.285. The van der Waals surface area contributed by atoms with Crippen molar-refractivity contribution < 1.29 is 14.3 Å². The topological polar surface area (TPSA) is 61.9 Å². The summed E-state index contributed by atoms with van der Waals surface area (Å²) in [5, 5.41) is 3.06. The van der Waals surface area contributed by atoms with E-state index in [1.807, 2.05) is 61.5 Å². The molecule has 0 bridgehead atoms. The van der Waals surface area contributed by atoms with Crippen molar-refractivity contribution in [2.75, 3.05) is 40.8 Å². The van der Waals surface area contributed by atoms with Crippen LogP contribution in [0.2, 0.25) is 0 Å². The van der Waals surface area contributed by atoms with Gasteiger partial charge in [-0.15, -0.1) is 0 Å². The Morgan fingerprint density at radius 3 is 2.50 bits per heavy atom. The van der Waals surface area contributed by atoms with Gasteiger partial charge in [0.15, 0.2) is 0 Å². The van der Waals surface area contributed by atoms with Crippen molar-refractivity contribution >= 4 is 11.8 Å². The first-order chi connectivity index (χ1) is 14.5. The zero-order chi connectivity index (χ0) is 21.5. The molecular formula is C24H31N3O3. The summed E-state index contributed by atoms with van der Waals surface area (Å²) in [6.45, 7) is 1.64. The normalized spacial score (nSPS) is 17.3. The first-order valence-electron chi connectivity index (χ1n) is 10.4. The summed E-state index contributed by atoms with van der Waals surface area (Å²) in [7, 11) is 5.63. The van der Waals surface area contributed by atoms with Crippen LogP contribution in [0, 0.1) is 5.92 Å². The molecule has 0 aliphatic carbocycles. The molecule has 160 valence electrons. The fourth-order valence-corrected chi connectivity index (χ4v) is 3.84. The Balaban J connectivity index is 1.52. The number of hydrogen-bond donors (Lipinski definition) is 1. The Bertz CT molecular complexity index is 837. The Labute approximate surface area is 178 Å². The Hall–Kier alpha value is -2.86. The maximum absolute atomic E-state index is 12.7. The summed E-state index contributed by atoms with van der Waals surface area (Å²) < 4.78 is 5.22. The van der Waals surface area contributed by atoms with Gasteiger partial charge in [-0.2, -0.15) is 0 Å². The van der Waals surface area contributed by atoms with Crippen molar-refractivity contribution in [3.63, 3.8) is 0 Å². The molecule has 6 nitrogen and oxygen atoms in total. The van der Waals surface area contributed by atoms with E-state index in [0.717, 1.165) is 17.7 Å². The zero-order valence-electron chi connectivity index (χ0n) is 18.0. The van der Waals surface area contributed by atoms with E-state index in [2.05, 4.69) is 22.3 Å². The van der Waals surface area contributed by atoms with Crippen LogP contribution in [-0.4, -0.2) is 62.5 Å². The number of nitrogens with zero attached hydrogens (tertiary/aromatic N) is 2. The summed E-state index contributed by atoms with van der Waals surface area (Å²) in [6.07, 6.45) is 1.09. The van der Waals surface area contributed by atoms with Gasteiger partial charge >= 0.3 is 0 Å². The summed E-state index contributed by atoms with van der Waals surface area (Å²) >= 11 is 0. The number of likely N-dealkylation sites (N-methyl/N-ethyl adjacent to an activating group) is 1. The van der Waals surface area contributed by atoms with Crippen LogP contribution in [0.25, 0.3) is 0 Å². The molecule has 6 heteroatoms. The van der Waals surface area contributed by atoms with E-state index in [-0.39, 0.29) is 30.2 Å². The van der Waals surface area contributed by atoms with Crippen LogP contribution in [-0.2, 0) is 16.0 Å². The molecule has 1 heterocycles. The fourth-order valence-electron chi connectivity index (χ4n) is 3.84. The highest BCUT2D eigenvalue weighted by molar-refractivity contribution is 5.89. The molecule has 2 aromatic carbocycles. The molecule has 0 radical (unpaired) electrons. The van der Waals surface area contributed by atoms with E-state index in [1.165, 1.54) is 5.56 Å². The van der Waals surface area contributed by atoms with Gasteiger partial charge in [0.2, 0.25) is 11.8 Å². The molecule has 0 aromatic heterocycles. The van der Waals surface area contributed by atoms with Gasteiger partial charge in [0.1, 0.15) is 5.75 Å². The summed E-state index contributed by atoms with van der Waals surface area (Å²) in [5.41, 5.74) is 2.31. The molecule has 1 fully saturated rings. The lowest BCUT2D eigenvalue weighted by Crippen LogP contribution is -2.38. The minimum absolute atomic E-state index is 0.0474. The third-order valence-corrected chi connectivity index (χ3v) is 5.69. The first-order valence-corrected chi connectivity index (χ1v) is 10.4. The highest BCUT2D eigenvalue weighted by Crippen LogP contribution is 2.22. The minimum Gasteiger partial charge on any atom is -0.497 e. The lowest BCUT2D eigenvalue weighted by molar-refractivity contribution is -0.129. The predicted molar refractivity (Wildman–Crippen MR) is 117 cm³/mol. The van der Waals surface area contributed by atoms with E-state index in [1.54, 1.807) is 7.11 Å². The van der Waals surface area contributed by atoms with Gasteiger partial charge in [0.05, 0.1) is 19.1 Å². The van der Waals surface area contributed by atoms with Crippen molar-refractivity contribution in [2.45, 2.75) is 18.9 Å². The van der Waals surface area contributed by atoms with Crippen LogP contribution in [0.4, 0.5) is 0 Å². The Kier molecular flexibility index (Phi) is 7.46. The Morgan fingerprint density at radius 1 is 1.17 bits per heavy atom. The molecule has 0 spiro atoms. The van der Waals surface area contributed by atoms with Gasteiger partial charge in [-0.25, -0.2) is 0 Å². The lowest BCUT2D eigenvalue weighted by Gasteiger charge is -2.26. The van der Waals surface area contributed by atoms with Gasteiger partial charge in [-0.3, -0.25) is 9.59 Å². The van der Waals surface area contributed by atoms with Crippen molar-refractivity contribution in [3.8, 4) is 5.75 Å². The SMILES string of the molecule is COc1ccc(C(CNC(=O)C2CC(=O)N(CCc3ccccc3)C2)N(C)C)cc1. The van der Waals surface area contributed by atoms with Crippen molar-refractivity contribution in [1.29, 1.82) is 0 Å². The van der Waals surface area contributed by atoms with Gasteiger partial charge < -0.3 is 19.9 Å². The number of rotatable bonds is 9. The van der Waals surface area contributed by atoms with Gasteiger partial charge in [-0.1, -0.05) is 42.5 Å². The number of likely N-dealkylation sites (tertiary alicyclic amines) is 1. The third kappa shape index (κ3) is 5.60. The molecule has 1 saturated heterocycles. The van der Waals surface area contributed by atoms with E-state index in [4.69, 9.17) is 4.74 Å². The zero-order valence-corrected chi connectivity index (χ0v) is 18.0. The summed E-state index contributed by atoms with van der Waals surface area (Å²) in [6, 6.07) is 18.0.